The number of rotatable bonds is 4. The predicted octanol–water partition coefficient (Wildman–Crippen LogP) is 10.4. The Kier molecular flexibility index (Phi) is 8.60. The van der Waals surface area contributed by atoms with E-state index >= 15 is 0 Å². The third-order valence-corrected chi connectivity index (χ3v) is 12.8. The standard InChI is InChI=1S/C42H56O4/c1-29(2)36(43)45-40(7)34-19-9-8-16-30(34)17-10-13-25-42(40)27-33(28-42)31-20-21-35-32(26-31)18-11-12-22-41(23-14-15-24-41)39(35,6)46-37(44)38(3,4)5/h8-9,16,19-21,26,33H,1,10-15,17-18,22-25,27-28H2,2-7H3. The lowest BCUT2D eigenvalue weighted by Gasteiger charge is -2.58. The summed E-state index contributed by atoms with van der Waals surface area (Å²) >= 11 is 0. The number of hydrogen-bond acceptors (Lipinski definition) is 4. The minimum atomic E-state index is -0.714. The average Bonchev–Trinajstić information content (AvgIpc) is 3.47. The van der Waals surface area contributed by atoms with E-state index < -0.39 is 16.6 Å². The number of aryl methyl sites for hydroxylation is 2. The van der Waals surface area contributed by atoms with Crippen molar-refractivity contribution in [2.75, 3.05) is 0 Å². The van der Waals surface area contributed by atoms with Crippen molar-refractivity contribution in [1.29, 1.82) is 0 Å². The third kappa shape index (κ3) is 5.46. The zero-order valence-electron chi connectivity index (χ0n) is 29.4. The van der Waals surface area contributed by atoms with E-state index in [4.69, 9.17) is 9.47 Å². The number of ether oxygens (including phenoxy) is 2. The quantitative estimate of drug-likeness (QED) is 0.251. The summed E-state index contributed by atoms with van der Waals surface area (Å²) in [4.78, 5) is 26.7. The Morgan fingerprint density at radius 1 is 0.739 bits per heavy atom. The van der Waals surface area contributed by atoms with Gasteiger partial charge in [-0.25, -0.2) is 4.79 Å². The molecule has 248 valence electrons. The Labute approximate surface area is 277 Å². The summed E-state index contributed by atoms with van der Waals surface area (Å²) in [6.07, 6.45) is 15.4. The molecule has 0 N–H and O–H groups in total. The fourth-order valence-electron chi connectivity index (χ4n) is 9.78. The fraction of sp³-hybridized carbons (Fsp3) is 0.619. The summed E-state index contributed by atoms with van der Waals surface area (Å²) in [5.74, 6) is -0.00768. The number of hydrogen-bond donors (Lipinski definition) is 0. The number of carbonyl (C=O) groups excluding carboxylic acids is 2. The molecule has 2 aromatic rings. The monoisotopic (exact) mass is 624 g/mol. The van der Waals surface area contributed by atoms with E-state index in [1.165, 1.54) is 53.5 Å². The van der Waals surface area contributed by atoms with Gasteiger partial charge in [0.05, 0.1) is 5.41 Å². The molecule has 2 saturated carbocycles. The van der Waals surface area contributed by atoms with Crippen LogP contribution in [0.2, 0.25) is 0 Å². The van der Waals surface area contributed by atoms with Crippen molar-refractivity contribution in [3.8, 4) is 0 Å². The molecule has 0 heterocycles. The SMILES string of the molecule is C=C(C)C(=O)OC1(C)c2ccccc2CCCCC12CC(c1ccc3c(c1)CCCCC1(CCCC1)C3(C)OC(=O)C(C)(C)C)C2. The van der Waals surface area contributed by atoms with Gasteiger partial charge in [0.1, 0.15) is 11.2 Å². The maximum absolute atomic E-state index is 13.5. The Morgan fingerprint density at radius 3 is 1.91 bits per heavy atom. The van der Waals surface area contributed by atoms with Gasteiger partial charge in [-0.1, -0.05) is 74.7 Å². The summed E-state index contributed by atoms with van der Waals surface area (Å²) in [6.45, 7) is 16.0. The van der Waals surface area contributed by atoms with Crippen molar-refractivity contribution >= 4 is 11.9 Å². The van der Waals surface area contributed by atoms with E-state index in [9.17, 15) is 9.59 Å². The molecule has 0 aliphatic heterocycles. The highest BCUT2D eigenvalue weighted by molar-refractivity contribution is 5.87. The first kappa shape index (κ1) is 33.0. The molecule has 0 bridgehead atoms. The Hall–Kier alpha value is -2.88. The maximum Gasteiger partial charge on any atom is 0.334 e. The summed E-state index contributed by atoms with van der Waals surface area (Å²) in [7, 11) is 0. The number of fused-ring (bicyclic) bond motifs is 2. The van der Waals surface area contributed by atoms with Gasteiger partial charge in [0.15, 0.2) is 0 Å². The molecule has 2 aromatic carbocycles. The molecule has 2 atom stereocenters. The van der Waals surface area contributed by atoms with E-state index in [1.54, 1.807) is 6.92 Å². The second-order valence-corrected chi connectivity index (χ2v) is 16.7. The zero-order chi connectivity index (χ0) is 33.0. The molecular formula is C42H56O4. The summed E-state index contributed by atoms with van der Waals surface area (Å²) in [5.41, 5.74) is 4.83. The largest absolute Gasteiger partial charge is 0.453 e. The van der Waals surface area contributed by atoms with Gasteiger partial charge in [0, 0.05) is 16.4 Å². The van der Waals surface area contributed by atoms with Crippen molar-refractivity contribution in [2.45, 2.75) is 149 Å². The van der Waals surface area contributed by atoms with Crippen LogP contribution in [0.4, 0.5) is 0 Å². The highest BCUT2D eigenvalue weighted by Crippen LogP contribution is 2.65. The Bertz CT molecular complexity index is 1500. The molecule has 2 fully saturated rings. The molecule has 2 unspecified atom stereocenters. The molecule has 4 heteroatoms. The fourth-order valence-corrected chi connectivity index (χ4v) is 9.78. The van der Waals surface area contributed by atoms with Crippen LogP contribution in [-0.4, -0.2) is 11.9 Å². The summed E-state index contributed by atoms with van der Waals surface area (Å²) < 4.78 is 13.2. The predicted molar refractivity (Wildman–Crippen MR) is 184 cm³/mol. The minimum absolute atomic E-state index is 0.00759. The van der Waals surface area contributed by atoms with Crippen molar-refractivity contribution in [1.82, 2.24) is 0 Å². The highest BCUT2D eigenvalue weighted by Gasteiger charge is 2.60. The van der Waals surface area contributed by atoms with E-state index in [-0.39, 0.29) is 22.8 Å². The first-order valence-electron chi connectivity index (χ1n) is 18.1. The lowest BCUT2D eigenvalue weighted by atomic mass is 9.49. The van der Waals surface area contributed by atoms with Crippen LogP contribution in [0.1, 0.15) is 152 Å². The first-order valence-corrected chi connectivity index (χ1v) is 18.1. The summed E-state index contributed by atoms with van der Waals surface area (Å²) in [5, 5.41) is 0. The molecule has 6 rings (SSSR count). The smallest absolute Gasteiger partial charge is 0.334 e. The maximum atomic E-state index is 13.5. The van der Waals surface area contributed by atoms with Crippen molar-refractivity contribution in [3.05, 3.63) is 82.4 Å². The number of carbonyl (C=O) groups is 2. The zero-order valence-corrected chi connectivity index (χ0v) is 29.4. The van der Waals surface area contributed by atoms with Crippen molar-refractivity contribution in [3.63, 3.8) is 0 Å². The van der Waals surface area contributed by atoms with Gasteiger partial charge in [-0.05, 0) is 139 Å². The molecule has 0 aromatic heterocycles. The summed E-state index contributed by atoms with van der Waals surface area (Å²) in [6, 6.07) is 15.7. The molecule has 4 aliphatic rings. The molecular weight excluding hydrogens is 568 g/mol. The van der Waals surface area contributed by atoms with Crippen LogP contribution < -0.4 is 0 Å². The van der Waals surface area contributed by atoms with Gasteiger partial charge in [-0.3, -0.25) is 4.79 Å². The molecule has 4 aliphatic carbocycles. The van der Waals surface area contributed by atoms with Crippen LogP contribution in [0.3, 0.4) is 0 Å². The van der Waals surface area contributed by atoms with E-state index in [2.05, 4.69) is 62.9 Å². The van der Waals surface area contributed by atoms with Gasteiger partial charge < -0.3 is 9.47 Å². The first-order chi connectivity index (χ1) is 21.7. The molecule has 0 radical (unpaired) electrons. The lowest BCUT2D eigenvalue weighted by molar-refractivity contribution is -0.191. The van der Waals surface area contributed by atoms with E-state index in [0.29, 0.717) is 11.5 Å². The van der Waals surface area contributed by atoms with Gasteiger partial charge in [0.2, 0.25) is 0 Å². The Balaban J connectivity index is 1.36. The van der Waals surface area contributed by atoms with Crippen LogP contribution in [0, 0.1) is 16.2 Å². The molecule has 2 spiro atoms. The van der Waals surface area contributed by atoms with Gasteiger partial charge in [-0.15, -0.1) is 0 Å². The molecule has 46 heavy (non-hydrogen) atoms. The van der Waals surface area contributed by atoms with Crippen LogP contribution >= 0.6 is 0 Å². The normalized spacial score (nSPS) is 30.5. The van der Waals surface area contributed by atoms with Crippen molar-refractivity contribution in [2.24, 2.45) is 16.2 Å². The second kappa shape index (κ2) is 12.0. The third-order valence-electron chi connectivity index (χ3n) is 12.8. The van der Waals surface area contributed by atoms with Crippen LogP contribution in [0.25, 0.3) is 0 Å². The van der Waals surface area contributed by atoms with E-state index in [0.717, 1.165) is 64.2 Å². The van der Waals surface area contributed by atoms with Crippen LogP contribution in [0.15, 0.2) is 54.6 Å². The van der Waals surface area contributed by atoms with Gasteiger partial charge >= 0.3 is 11.9 Å². The van der Waals surface area contributed by atoms with Crippen LogP contribution in [-0.2, 0) is 43.1 Å². The minimum Gasteiger partial charge on any atom is -0.453 e. The van der Waals surface area contributed by atoms with Gasteiger partial charge in [-0.2, -0.15) is 0 Å². The molecule has 4 nitrogen and oxygen atoms in total. The number of esters is 2. The van der Waals surface area contributed by atoms with E-state index in [1.807, 2.05) is 20.8 Å². The molecule has 0 amide bonds. The molecule has 0 saturated heterocycles. The number of benzene rings is 2. The highest BCUT2D eigenvalue weighted by atomic mass is 16.6. The van der Waals surface area contributed by atoms with Crippen LogP contribution in [0.5, 0.6) is 0 Å². The topological polar surface area (TPSA) is 52.6 Å². The lowest BCUT2D eigenvalue weighted by Crippen LogP contribution is -2.54. The van der Waals surface area contributed by atoms with Gasteiger partial charge in [0.25, 0.3) is 0 Å². The Morgan fingerprint density at radius 2 is 1.28 bits per heavy atom. The average molecular weight is 625 g/mol. The second-order valence-electron chi connectivity index (χ2n) is 16.7. The van der Waals surface area contributed by atoms with Crippen molar-refractivity contribution < 1.29 is 19.1 Å².